The second-order valence-electron chi connectivity index (χ2n) is 5.18. The van der Waals surface area contributed by atoms with Crippen LogP contribution in [0.1, 0.15) is 10.4 Å². The Balaban J connectivity index is 2.05. The fourth-order valence-electron chi connectivity index (χ4n) is 2.83. The van der Waals surface area contributed by atoms with Crippen LogP contribution in [0.2, 0.25) is 0 Å². The summed E-state index contributed by atoms with van der Waals surface area (Å²) in [5, 5.41) is 12.8. The van der Waals surface area contributed by atoms with E-state index in [1.54, 1.807) is 29.7 Å². The topological polar surface area (TPSA) is 59.3 Å². The van der Waals surface area contributed by atoms with Gasteiger partial charge in [0.15, 0.2) is 0 Å². The van der Waals surface area contributed by atoms with Gasteiger partial charge in [0.05, 0.1) is 16.8 Å². The highest BCUT2D eigenvalue weighted by molar-refractivity contribution is 7.17. The minimum Gasteiger partial charge on any atom is -0.475 e. The predicted molar refractivity (Wildman–Crippen MR) is 90.6 cm³/mol. The summed E-state index contributed by atoms with van der Waals surface area (Å²) in [5.74, 6) is -2.33. The number of carboxylic acids is 1. The number of fused-ring (bicyclic) bond motifs is 2. The van der Waals surface area contributed by atoms with Crippen molar-refractivity contribution in [3.63, 3.8) is 0 Å². The number of nitrogens with zero attached hydrogens (tertiary/aromatic N) is 1. The lowest BCUT2D eigenvalue weighted by molar-refractivity contribution is -0.131. The molecule has 4 rings (SSSR count). The normalized spacial score (nSPS) is 11.1. The molecular weight excluding hydrogens is 310 g/mol. The molecular formula is C18H11NO3S. The molecule has 0 saturated heterocycles. The Morgan fingerprint density at radius 1 is 0.957 bits per heavy atom. The molecule has 5 heteroatoms. The molecule has 23 heavy (non-hydrogen) atoms. The van der Waals surface area contributed by atoms with Crippen LogP contribution in [0.25, 0.3) is 26.7 Å². The zero-order valence-corrected chi connectivity index (χ0v) is 12.7. The number of aromatic nitrogens is 1. The average Bonchev–Trinajstić information content (AvgIpc) is 3.15. The van der Waals surface area contributed by atoms with E-state index >= 15 is 0 Å². The zero-order chi connectivity index (χ0) is 16.0. The minimum atomic E-state index is -1.44. The van der Waals surface area contributed by atoms with Crippen LogP contribution in [0.4, 0.5) is 0 Å². The standard InChI is InChI=1S/C18H11NO3S/c20-17(18(21)22)13-9-19(14-7-3-1-5-11(13)14)15-10-23-16-8-4-2-6-12(15)16/h1-10H,(H,21,22). The van der Waals surface area contributed by atoms with E-state index in [2.05, 4.69) is 0 Å². The van der Waals surface area contributed by atoms with Crippen LogP contribution in [0.5, 0.6) is 0 Å². The molecule has 0 bridgehead atoms. The number of rotatable bonds is 3. The second-order valence-corrected chi connectivity index (χ2v) is 6.09. The predicted octanol–water partition coefficient (Wildman–Crippen LogP) is 4.11. The smallest absolute Gasteiger partial charge is 0.377 e. The van der Waals surface area contributed by atoms with Crippen molar-refractivity contribution in [3.8, 4) is 5.69 Å². The molecule has 0 radical (unpaired) electrons. The van der Waals surface area contributed by atoms with Crippen LogP contribution in [0, 0.1) is 0 Å². The first-order valence-corrected chi connectivity index (χ1v) is 7.89. The number of hydrogen-bond acceptors (Lipinski definition) is 3. The van der Waals surface area contributed by atoms with Gasteiger partial charge in [-0.1, -0.05) is 36.4 Å². The van der Waals surface area contributed by atoms with E-state index in [9.17, 15) is 9.59 Å². The third-order valence-electron chi connectivity index (χ3n) is 3.87. The molecule has 4 aromatic rings. The summed E-state index contributed by atoms with van der Waals surface area (Å²) in [6, 6.07) is 15.4. The SMILES string of the molecule is O=C(O)C(=O)c1cn(-c2csc3ccccc23)c2ccccc12. The van der Waals surface area contributed by atoms with E-state index in [0.29, 0.717) is 5.39 Å². The van der Waals surface area contributed by atoms with Crippen LogP contribution in [0.15, 0.2) is 60.1 Å². The maximum Gasteiger partial charge on any atom is 0.377 e. The largest absolute Gasteiger partial charge is 0.475 e. The van der Waals surface area contributed by atoms with Crippen LogP contribution in [0.3, 0.4) is 0 Å². The Kier molecular flexibility index (Phi) is 3.02. The van der Waals surface area contributed by atoms with Crippen LogP contribution < -0.4 is 0 Å². The Morgan fingerprint density at radius 3 is 2.43 bits per heavy atom. The molecule has 0 spiro atoms. The van der Waals surface area contributed by atoms with Gasteiger partial charge in [-0.3, -0.25) is 4.79 Å². The van der Waals surface area contributed by atoms with Crippen molar-refractivity contribution >= 4 is 44.1 Å². The van der Waals surface area contributed by atoms with Gasteiger partial charge in [-0.2, -0.15) is 0 Å². The van der Waals surface area contributed by atoms with E-state index < -0.39 is 11.8 Å². The number of carboxylic acid groups (broad SMARTS) is 1. The number of ketones is 1. The monoisotopic (exact) mass is 321 g/mol. The van der Waals surface area contributed by atoms with Gasteiger partial charge in [0.25, 0.3) is 5.78 Å². The molecule has 0 aliphatic rings. The number of carbonyl (C=O) groups is 2. The van der Waals surface area contributed by atoms with E-state index in [1.807, 2.05) is 46.3 Å². The number of hydrogen-bond donors (Lipinski definition) is 1. The summed E-state index contributed by atoms with van der Waals surface area (Å²) >= 11 is 1.62. The van der Waals surface area contributed by atoms with Gasteiger partial charge in [0.1, 0.15) is 0 Å². The first-order valence-electron chi connectivity index (χ1n) is 7.01. The number of benzene rings is 2. The third kappa shape index (κ3) is 2.05. The Bertz CT molecular complexity index is 1070. The highest BCUT2D eigenvalue weighted by Crippen LogP contribution is 2.33. The fourth-order valence-corrected chi connectivity index (χ4v) is 3.76. The fraction of sp³-hybridized carbons (Fsp3) is 0. The van der Waals surface area contributed by atoms with Crippen LogP contribution >= 0.6 is 11.3 Å². The lowest BCUT2D eigenvalue weighted by Crippen LogP contribution is -2.12. The molecule has 1 N–H and O–H groups in total. The molecule has 2 aromatic heterocycles. The van der Waals surface area contributed by atoms with Gasteiger partial charge in [0, 0.05) is 27.0 Å². The Hall–Kier alpha value is -2.92. The maximum atomic E-state index is 12.0. The van der Waals surface area contributed by atoms with Gasteiger partial charge in [0.2, 0.25) is 0 Å². The average molecular weight is 321 g/mol. The van der Waals surface area contributed by atoms with Crippen molar-refractivity contribution in [1.82, 2.24) is 4.57 Å². The molecule has 0 atom stereocenters. The minimum absolute atomic E-state index is 0.211. The second kappa shape index (κ2) is 5.07. The number of Topliss-reactive ketones (excluding diaryl/α,β-unsaturated/α-hetero) is 1. The van der Waals surface area contributed by atoms with E-state index in [0.717, 1.165) is 21.3 Å². The first kappa shape index (κ1) is 13.7. The molecule has 4 nitrogen and oxygen atoms in total. The quantitative estimate of drug-likeness (QED) is 0.456. The van der Waals surface area contributed by atoms with Crippen molar-refractivity contribution in [1.29, 1.82) is 0 Å². The molecule has 0 fully saturated rings. The first-order chi connectivity index (χ1) is 11.2. The van der Waals surface area contributed by atoms with Gasteiger partial charge in [-0.05, 0) is 12.1 Å². The molecule has 0 amide bonds. The van der Waals surface area contributed by atoms with Crippen LogP contribution in [-0.2, 0) is 4.79 Å². The highest BCUT2D eigenvalue weighted by Gasteiger charge is 2.21. The van der Waals surface area contributed by atoms with Gasteiger partial charge in [-0.25, -0.2) is 4.79 Å². The van der Waals surface area contributed by atoms with E-state index in [-0.39, 0.29) is 5.56 Å². The summed E-state index contributed by atoms with van der Waals surface area (Å²) in [5.41, 5.74) is 1.98. The summed E-state index contributed by atoms with van der Waals surface area (Å²) in [6.45, 7) is 0. The molecule has 2 heterocycles. The number of thiophene rings is 1. The number of para-hydroxylation sites is 1. The van der Waals surface area contributed by atoms with E-state index in [1.165, 1.54) is 0 Å². The lowest BCUT2D eigenvalue weighted by atomic mass is 10.1. The Labute approximate surface area is 135 Å². The molecule has 0 unspecified atom stereocenters. The van der Waals surface area contributed by atoms with Gasteiger partial charge < -0.3 is 9.67 Å². The molecule has 0 aliphatic carbocycles. The molecule has 2 aromatic carbocycles. The summed E-state index contributed by atoms with van der Waals surface area (Å²) in [7, 11) is 0. The molecule has 112 valence electrons. The molecule has 0 saturated carbocycles. The third-order valence-corrected chi connectivity index (χ3v) is 4.82. The Morgan fingerprint density at radius 2 is 1.65 bits per heavy atom. The van der Waals surface area contributed by atoms with Crippen molar-refractivity contribution < 1.29 is 14.7 Å². The van der Waals surface area contributed by atoms with Crippen LogP contribution in [-0.4, -0.2) is 21.4 Å². The van der Waals surface area contributed by atoms with Gasteiger partial charge >= 0.3 is 5.97 Å². The summed E-state index contributed by atoms with van der Waals surface area (Å²) < 4.78 is 3.04. The maximum absolute atomic E-state index is 12.0. The van der Waals surface area contributed by atoms with Crippen molar-refractivity contribution in [3.05, 3.63) is 65.7 Å². The highest BCUT2D eigenvalue weighted by atomic mass is 32.1. The van der Waals surface area contributed by atoms with Crippen molar-refractivity contribution in [2.45, 2.75) is 0 Å². The van der Waals surface area contributed by atoms with Crippen molar-refractivity contribution in [2.75, 3.05) is 0 Å². The summed E-state index contributed by atoms with van der Waals surface area (Å²) in [6.07, 6.45) is 1.62. The number of carbonyl (C=O) groups excluding carboxylic acids is 1. The van der Waals surface area contributed by atoms with Gasteiger partial charge in [-0.15, -0.1) is 11.3 Å². The molecule has 0 aliphatic heterocycles. The van der Waals surface area contributed by atoms with E-state index in [4.69, 9.17) is 5.11 Å². The van der Waals surface area contributed by atoms with Crippen molar-refractivity contribution in [2.24, 2.45) is 0 Å². The lowest BCUT2D eigenvalue weighted by Gasteiger charge is -2.03. The summed E-state index contributed by atoms with van der Waals surface area (Å²) in [4.78, 5) is 23.1. The number of aliphatic carboxylic acids is 1. The zero-order valence-electron chi connectivity index (χ0n) is 11.9.